The second-order valence-corrected chi connectivity index (χ2v) is 8.84. The molecule has 0 radical (unpaired) electrons. The third kappa shape index (κ3) is 6.47. The van der Waals surface area contributed by atoms with E-state index in [4.69, 9.17) is 0 Å². The van der Waals surface area contributed by atoms with Gasteiger partial charge in [-0.05, 0) is 51.4 Å². The molecule has 1 heterocycles. The van der Waals surface area contributed by atoms with Crippen molar-refractivity contribution < 1.29 is 18.1 Å². The Morgan fingerprint density at radius 3 is 2.63 bits per heavy atom. The quantitative estimate of drug-likeness (QED) is 0.520. The Hall–Kier alpha value is -2.20. The fourth-order valence-electron chi connectivity index (χ4n) is 3.11. The number of hydrogen-bond acceptors (Lipinski definition) is 6. The third-order valence-corrected chi connectivity index (χ3v) is 5.87. The topological polar surface area (TPSA) is 113 Å². The van der Waals surface area contributed by atoms with Gasteiger partial charge in [-0.2, -0.15) is 0 Å². The minimum atomic E-state index is -3.76. The highest BCUT2D eigenvalue weighted by atomic mass is 32.2. The van der Waals surface area contributed by atoms with E-state index >= 15 is 0 Å². The number of nitrogens with one attached hydrogen (secondary N) is 1. The molecule has 0 saturated carbocycles. The molecule has 1 N–H and O–H groups in total. The minimum Gasteiger partial charge on any atom is -0.355 e. The van der Waals surface area contributed by atoms with Crippen LogP contribution in [0.5, 0.6) is 0 Å². The van der Waals surface area contributed by atoms with Crippen LogP contribution in [0, 0.1) is 16.0 Å². The molecule has 1 fully saturated rings. The van der Waals surface area contributed by atoms with Crippen LogP contribution in [0.3, 0.4) is 0 Å². The summed E-state index contributed by atoms with van der Waals surface area (Å²) >= 11 is 0. The van der Waals surface area contributed by atoms with Gasteiger partial charge in [0, 0.05) is 18.7 Å². The van der Waals surface area contributed by atoms with Crippen LogP contribution in [-0.2, 0) is 14.8 Å². The molecular formula is C17H26N4O5S. The zero-order valence-corrected chi connectivity index (χ0v) is 16.4. The fourth-order valence-corrected chi connectivity index (χ4v) is 3.96. The summed E-state index contributed by atoms with van der Waals surface area (Å²) in [6, 6.07) is 5.24. The minimum absolute atomic E-state index is 0.0946. The molecule has 1 amide bonds. The Morgan fingerprint density at radius 1 is 1.37 bits per heavy atom. The molecule has 150 valence electrons. The molecule has 2 rings (SSSR count). The Bertz CT molecular complexity index is 775. The number of carbonyl (C=O) groups excluding carboxylic acids is 1. The monoisotopic (exact) mass is 398 g/mol. The van der Waals surface area contributed by atoms with Crippen LogP contribution in [0.15, 0.2) is 24.3 Å². The number of piperidine rings is 1. The van der Waals surface area contributed by atoms with E-state index in [0.29, 0.717) is 12.5 Å². The molecule has 1 saturated heterocycles. The molecule has 0 unspecified atom stereocenters. The summed E-state index contributed by atoms with van der Waals surface area (Å²) in [5, 5.41) is 13.7. The third-order valence-electron chi connectivity index (χ3n) is 4.73. The highest BCUT2D eigenvalue weighted by molar-refractivity contribution is 7.92. The normalized spacial score (nSPS) is 16.1. The van der Waals surface area contributed by atoms with Crippen molar-refractivity contribution in [2.24, 2.45) is 5.92 Å². The lowest BCUT2D eigenvalue weighted by molar-refractivity contribution is -0.384. The van der Waals surface area contributed by atoms with E-state index in [1.807, 2.05) is 0 Å². The lowest BCUT2D eigenvalue weighted by Crippen LogP contribution is -2.41. The van der Waals surface area contributed by atoms with Crippen molar-refractivity contribution >= 4 is 27.3 Å². The Kier molecular flexibility index (Phi) is 7.14. The first-order chi connectivity index (χ1) is 12.7. The number of anilines is 1. The molecule has 1 aromatic carbocycles. The van der Waals surface area contributed by atoms with Crippen LogP contribution >= 0.6 is 0 Å². The van der Waals surface area contributed by atoms with E-state index < -0.39 is 27.4 Å². The first-order valence-corrected chi connectivity index (χ1v) is 10.7. The van der Waals surface area contributed by atoms with E-state index in [1.165, 1.54) is 18.2 Å². The van der Waals surface area contributed by atoms with Gasteiger partial charge >= 0.3 is 0 Å². The summed E-state index contributed by atoms with van der Waals surface area (Å²) in [5.41, 5.74) is -0.138. The molecule has 0 spiro atoms. The first-order valence-electron chi connectivity index (χ1n) is 8.84. The van der Waals surface area contributed by atoms with Crippen LogP contribution in [0.2, 0.25) is 0 Å². The predicted octanol–water partition coefficient (Wildman–Crippen LogP) is 1.21. The smallest absolute Gasteiger partial charge is 0.271 e. The van der Waals surface area contributed by atoms with E-state index in [0.717, 1.165) is 49.0 Å². The number of non-ortho nitro benzene ring substituents is 1. The summed E-state index contributed by atoms with van der Waals surface area (Å²) in [4.78, 5) is 24.8. The second kappa shape index (κ2) is 9.14. The zero-order chi connectivity index (χ0) is 20.0. The maximum Gasteiger partial charge on any atom is 0.271 e. The van der Waals surface area contributed by atoms with Crippen molar-refractivity contribution in [2.75, 3.05) is 43.8 Å². The maximum atomic E-state index is 12.2. The van der Waals surface area contributed by atoms with Gasteiger partial charge in [-0.15, -0.1) is 0 Å². The van der Waals surface area contributed by atoms with E-state index in [1.54, 1.807) is 0 Å². The van der Waals surface area contributed by atoms with E-state index in [9.17, 15) is 23.3 Å². The molecule has 1 aromatic rings. The van der Waals surface area contributed by atoms with Crippen molar-refractivity contribution in [3.63, 3.8) is 0 Å². The molecule has 27 heavy (non-hydrogen) atoms. The van der Waals surface area contributed by atoms with Gasteiger partial charge < -0.3 is 10.2 Å². The SMILES string of the molecule is CN1CCC(CCNC(=O)CN(c2cccc([N+](=O)[O-])c2)S(C)(=O)=O)CC1. The Labute approximate surface area is 159 Å². The molecule has 10 heteroatoms. The number of nitro groups is 1. The summed E-state index contributed by atoms with van der Waals surface area (Å²) < 4.78 is 25.0. The van der Waals surface area contributed by atoms with Crippen LogP contribution in [-0.4, -0.2) is 63.6 Å². The predicted molar refractivity (Wildman–Crippen MR) is 103 cm³/mol. The average Bonchev–Trinajstić information content (AvgIpc) is 2.60. The second-order valence-electron chi connectivity index (χ2n) is 6.93. The average molecular weight is 398 g/mol. The first kappa shape index (κ1) is 21.1. The molecule has 0 aliphatic carbocycles. The molecule has 0 atom stereocenters. The van der Waals surface area contributed by atoms with Crippen LogP contribution < -0.4 is 9.62 Å². The van der Waals surface area contributed by atoms with Gasteiger partial charge in [0.15, 0.2) is 0 Å². The molecular weight excluding hydrogens is 372 g/mol. The highest BCUT2D eigenvalue weighted by Gasteiger charge is 2.23. The standard InChI is InChI=1S/C17H26N4O5S/c1-19-10-7-14(8-11-19)6-9-18-17(22)13-20(27(2,25)26)15-4-3-5-16(12-15)21(23)24/h3-5,12,14H,6-11,13H2,1-2H3,(H,18,22). The highest BCUT2D eigenvalue weighted by Crippen LogP contribution is 2.23. The number of rotatable bonds is 8. The Balaban J connectivity index is 1.95. The number of likely N-dealkylation sites (tertiary alicyclic amines) is 1. The number of sulfonamides is 1. The fraction of sp³-hybridized carbons (Fsp3) is 0.588. The maximum absolute atomic E-state index is 12.2. The van der Waals surface area contributed by atoms with Gasteiger partial charge in [-0.3, -0.25) is 19.2 Å². The number of nitrogens with zero attached hydrogens (tertiary/aromatic N) is 3. The molecule has 1 aliphatic heterocycles. The largest absolute Gasteiger partial charge is 0.355 e. The van der Waals surface area contributed by atoms with Gasteiger partial charge in [0.05, 0.1) is 16.9 Å². The van der Waals surface area contributed by atoms with E-state index in [2.05, 4.69) is 17.3 Å². The van der Waals surface area contributed by atoms with Gasteiger partial charge in [0.1, 0.15) is 6.54 Å². The number of nitro benzene ring substituents is 1. The van der Waals surface area contributed by atoms with Crippen molar-refractivity contribution in [1.82, 2.24) is 10.2 Å². The van der Waals surface area contributed by atoms with Crippen molar-refractivity contribution in [3.05, 3.63) is 34.4 Å². The zero-order valence-electron chi connectivity index (χ0n) is 15.6. The molecule has 0 bridgehead atoms. The molecule has 1 aliphatic rings. The van der Waals surface area contributed by atoms with Crippen molar-refractivity contribution in [2.45, 2.75) is 19.3 Å². The molecule has 0 aromatic heterocycles. The number of benzene rings is 1. The summed E-state index contributed by atoms with van der Waals surface area (Å²) in [6.07, 6.45) is 4.01. The number of amides is 1. The Morgan fingerprint density at radius 2 is 2.04 bits per heavy atom. The lowest BCUT2D eigenvalue weighted by Gasteiger charge is -2.29. The number of carbonyl (C=O) groups is 1. The van der Waals surface area contributed by atoms with Crippen molar-refractivity contribution in [1.29, 1.82) is 0 Å². The van der Waals surface area contributed by atoms with Crippen LogP contribution in [0.1, 0.15) is 19.3 Å². The summed E-state index contributed by atoms with van der Waals surface area (Å²) in [5.74, 6) is 0.129. The summed E-state index contributed by atoms with van der Waals surface area (Å²) in [7, 11) is -1.67. The van der Waals surface area contributed by atoms with Gasteiger partial charge in [0.25, 0.3) is 5.69 Å². The van der Waals surface area contributed by atoms with Crippen molar-refractivity contribution in [3.8, 4) is 0 Å². The summed E-state index contributed by atoms with van der Waals surface area (Å²) in [6.45, 7) is 2.17. The van der Waals surface area contributed by atoms with Crippen LogP contribution in [0.25, 0.3) is 0 Å². The lowest BCUT2D eigenvalue weighted by atomic mass is 9.94. The van der Waals surface area contributed by atoms with E-state index in [-0.39, 0.29) is 11.4 Å². The van der Waals surface area contributed by atoms with Crippen LogP contribution in [0.4, 0.5) is 11.4 Å². The molecule has 9 nitrogen and oxygen atoms in total. The number of hydrogen-bond donors (Lipinski definition) is 1. The van der Waals surface area contributed by atoms with Gasteiger partial charge in [-0.1, -0.05) is 6.07 Å². The van der Waals surface area contributed by atoms with Gasteiger partial charge in [-0.25, -0.2) is 8.42 Å². The van der Waals surface area contributed by atoms with Gasteiger partial charge in [0.2, 0.25) is 15.9 Å².